The first kappa shape index (κ1) is 8.06. The number of hydrogen-bond donors (Lipinski definition) is 0. The molecule has 0 saturated carbocycles. The van der Waals surface area contributed by atoms with E-state index in [1.54, 1.807) is 0 Å². The van der Waals surface area contributed by atoms with Gasteiger partial charge in [-0.3, -0.25) is 0 Å². The predicted molar refractivity (Wildman–Crippen MR) is 43.0 cm³/mol. The first-order valence-corrected chi connectivity index (χ1v) is 4.37. The quantitative estimate of drug-likeness (QED) is 0.547. The molecule has 1 heteroatoms. The minimum atomic E-state index is 0.494. The lowest BCUT2D eigenvalue weighted by Crippen LogP contribution is -2.29. The molecule has 60 valence electrons. The van der Waals surface area contributed by atoms with Crippen molar-refractivity contribution in [3.8, 4) is 0 Å². The van der Waals surface area contributed by atoms with Crippen molar-refractivity contribution in [1.82, 2.24) is 0 Å². The van der Waals surface area contributed by atoms with Crippen molar-refractivity contribution in [2.45, 2.75) is 52.2 Å². The zero-order valence-electron chi connectivity index (χ0n) is 7.26. The molecular weight excluding hydrogens is 124 g/mol. The van der Waals surface area contributed by atoms with Gasteiger partial charge in [0.15, 0.2) is 0 Å². The molecule has 0 aromatic rings. The van der Waals surface area contributed by atoms with Crippen molar-refractivity contribution in [2.75, 3.05) is 0 Å². The largest absolute Gasteiger partial charge is 0.375 e. The van der Waals surface area contributed by atoms with E-state index in [0.29, 0.717) is 12.2 Å². The molecule has 3 atom stereocenters. The third-order valence-electron chi connectivity index (χ3n) is 2.28. The second-order valence-electron chi connectivity index (χ2n) is 3.55. The van der Waals surface area contributed by atoms with Crippen molar-refractivity contribution in [2.24, 2.45) is 5.92 Å². The van der Waals surface area contributed by atoms with E-state index >= 15 is 0 Å². The van der Waals surface area contributed by atoms with Gasteiger partial charge in [0.2, 0.25) is 0 Å². The highest BCUT2D eigenvalue weighted by molar-refractivity contribution is 4.71. The highest BCUT2D eigenvalue weighted by Crippen LogP contribution is 2.25. The third-order valence-corrected chi connectivity index (χ3v) is 2.28. The maximum absolute atomic E-state index is 5.71. The number of hydrogen-bond acceptors (Lipinski definition) is 1. The van der Waals surface area contributed by atoms with Gasteiger partial charge in [0.25, 0.3) is 0 Å². The Morgan fingerprint density at radius 3 is 2.50 bits per heavy atom. The average Bonchev–Trinajstić information content (AvgIpc) is 1.85. The van der Waals surface area contributed by atoms with Gasteiger partial charge in [-0.15, -0.1) is 0 Å². The van der Waals surface area contributed by atoms with E-state index in [0.717, 1.165) is 5.92 Å². The summed E-state index contributed by atoms with van der Waals surface area (Å²) in [5, 5.41) is 0. The van der Waals surface area contributed by atoms with Gasteiger partial charge >= 0.3 is 0 Å². The van der Waals surface area contributed by atoms with E-state index in [-0.39, 0.29) is 0 Å². The Morgan fingerprint density at radius 1 is 1.30 bits per heavy atom. The highest BCUT2D eigenvalue weighted by Gasteiger charge is 2.22. The normalized spacial score (nSPS) is 41.7. The van der Waals surface area contributed by atoms with Crippen LogP contribution < -0.4 is 0 Å². The fourth-order valence-corrected chi connectivity index (χ4v) is 1.81. The van der Waals surface area contributed by atoms with Crippen LogP contribution in [-0.2, 0) is 4.74 Å². The van der Waals surface area contributed by atoms with E-state index in [1.165, 1.54) is 19.3 Å². The highest BCUT2D eigenvalue weighted by atomic mass is 16.5. The molecule has 0 N–H and O–H groups in total. The molecule has 0 amide bonds. The molecule has 1 aliphatic rings. The van der Waals surface area contributed by atoms with Gasteiger partial charge in [-0.05, 0) is 32.1 Å². The zero-order chi connectivity index (χ0) is 7.56. The standard InChI is InChI=1S/C9H18O/c1-4-9-6-7(2)5-8(3)10-9/h7-9H,4-6H2,1-3H3/t7-,8?,9-/m0/s1. The maximum atomic E-state index is 5.71. The summed E-state index contributed by atoms with van der Waals surface area (Å²) >= 11 is 0. The molecule has 0 radical (unpaired) electrons. The Labute approximate surface area is 63.8 Å². The molecule has 1 rings (SSSR count). The van der Waals surface area contributed by atoms with Crippen LogP contribution in [0, 0.1) is 5.92 Å². The number of ether oxygens (including phenoxy) is 1. The second kappa shape index (κ2) is 3.38. The maximum Gasteiger partial charge on any atom is 0.0578 e. The molecule has 1 unspecified atom stereocenters. The molecule has 1 fully saturated rings. The van der Waals surface area contributed by atoms with Crippen molar-refractivity contribution < 1.29 is 4.74 Å². The van der Waals surface area contributed by atoms with Crippen LogP contribution in [0.1, 0.15) is 40.0 Å². The van der Waals surface area contributed by atoms with E-state index in [1.807, 2.05) is 0 Å². The summed E-state index contributed by atoms with van der Waals surface area (Å²) in [5.41, 5.74) is 0. The summed E-state index contributed by atoms with van der Waals surface area (Å²) in [7, 11) is 0. The molecule has 0 bridgehead atoms. The van der Waals surface area contributed by atoms with E-state index in [4.69, 9.17) is 4.74 Å². The van der Waals surface area contributed by atoms with Crippen LogP contribution in [0.5, 0.6) is 0 Å². The first-order valence-electron chi connectivity index (χ1n) is 4.37. The van der Waals surface area contributed by atoms with Gasteiger partial charge in [0.1, 0.15) is 0 Å². The minimum Gasteiger partial charge on any atom is -0.375 e. The summed E-state index contributed by atoms with van der Waals surface area (Å²) in [6.45, 7) is 6.70. The molecular formula is C9H18O. The third kappa shape index (κ3) is 1.98. The van der Waals surface area contributed by atoms with Gasteiger partial charge in [-0.2, -0.15) is 0 Å². The van der Waals surface area contributed by atoms with E-state index in [2.05, 4.69) is 20.8 Å². The lowest BCUT2D eigenvalue weighted by Gasteiger charge is -2.31. The zero-order valence-corrected chi connectivity index (χ0v) is 7.26. The van der Waals surface area contributed by atoms with Gasteiger partial charge in [0.05, 0.1) is 12.2 Å². The lowest BCUT2D eigenvalue weighted by atomic mass is 9.93. The smallest absolute Gasteiger partial charge is 0.0578 e. The van der Waals surface area contributed by atoms with Gasteiger partial charge in [-0.25, -0.2) is 0 Å². The van der Waals surface area contributed by atoms with Gasteiger partial charge in [-0.1, -0.05) is 13.8 Å². The molecule has 0 spiro atoms. The van der Waals surface area contributed by atoms with Crippen LogP contribution in [0.4, 0.5) is 0 Å². The predicted octanol–water partition coefficient (Wildman–Crippen LogP) is 2.60. The molecule has 0 aromatic heterocycles. The Hall–Kier alpha value is -0.0400. The van der Waals surface area contributed by atoms with Crippen molar-refractivity contribution in [3.63, 3.8) is 0 Å². The molecule has 1 nitrogen and oxygen atoms in total. The molecule has 1 saturated heterocycles. The van der Waals surface area contributed by atoms with Crippen LogP contribution >= 0.6 is 0 Å². The minimum absolute atomic E-state index is 0.494. The Bertz CT molecular complexity index is 90.9. The Kier molecular flexibility index (Phi) is 2.72. The molecule has 0 aliphatic carbocycles. The van der Waals surface area contributed by atoms with E-state index < -0.39 is 0 Å². The van der Waals surface area contributed by atoms with Crippen LogP contribution in [0.3, 0.4) is 0 Å². The van der Waals surface area contributed by atoms with E-state index in [9.17, 15) is 0 Å². The summed E-state index contributed by atoms with van der Waals surface area (Å²) in [4.78, 5) is 0. The molecule has 0 aromatic carbocycles. The summed E-state index contributed by atoms with van der Waals surface area (Å²) in [6.07, 6.45) is 4.72. The second-order valence-corrected chi connectivity index (χ2v) is 3.55. The Morgan fingerprint density at radius 2 is 2.00 bits per heavy atom. The Balaban J connectivity index is 2.35. The molecule has 10 heavy (non-hydrogen) atoms. The number of rotatable bonds is 1. The lowest BCUT2D eigenvalue weighted by molar-refractivity contribution is -0.0594. The average molecular weight is 142 g/mol. The summed E-state index contributed by atoms with van der Waals surface area (Å²) in [5.74, 6) is 0.869. The van der Waals surface area contributed by atoms with Crippen LogP contribution in [-0.4, -0.2) is 12.2 Å². The van der Waals surface area contributed by atoms with Gasteiger partial charge < -0.3 is 4.74 Å². The van der Waals surface area contributed by atoms with Gasteiger partial charge in [0, 0.05) is 0 Å². The van der Waals surface area contributed by atoms with Crippen LogP contribution in [0.15, 0.2) is 0 Å². The van der Waals surface area contributed by atoms with Crippen LogP contribution in [0.25, 0.3) is 0 Å². The fraction of sp³-hybridized carbons (Fsp3) is 1.00. The van der Waals surface area contributed by atoms with Crippen molar-refractivity contribution in [3.05, 3.63) is 0 Å². The monoisotopic (exact) mass is 142 g/mol. The van der Waals surface area contributed by atoms with Crippen LogP contribution in [0.2, 0.25) is 0 Å². The molecule has 1 aliphatic heterocycles. The fourth-order valence-electron chi connectivity index (χ4n) is 1.81. The summed E-state index contributed by atoms with van der Waals surface area (Å²) in [6, 6.07) is 0. The van der Waals surface area contributed by atoms with Crippen molar-refractivity contribution in [1.29, 1.82) is 0 Å². The summed E-state index contributed by atoms with van der Waals surface area (Å²) < 4.78 is 5.71. The first-order chi connectivity index (χ1) is 4.72. The molecule has 1 heterocycles. The van der Waals surface area contributed by atoms with Crippen molar-refractivity contribution >= 4 is 0 Å². The topological polar surface area (TPSA) is 9.23 Å². The SMILES string of the molecule is CC[C@H]1C[C@@H](C)CC(C)O1.